The number of rotatable bonds is 6. The predicted molar refractivity (Wildman–Crippen MR) is 82.3 cm³/mol. The molecule has 2 rings (SSSR count). The lowest BCUT2D eigenvalue weighted by atomic mass is 9.75. The fraction of sp³-hybridized carbons (Fsp3) is 0.800. The van der Waals surface area contributed by atoms with Crippen molar-refractivity contribution in [2.24, 2.45) is 12.5 Å². The van der Waals surface area contributed by atoms with E-state index in [1.807, 2.05) is 14.0 Å². The topological polar surface area (TPSA) is 39.1 Å². The molecule has 2 heterocycles. The van der Waals surface area contributed by atoms with Gasteiger partial charge in [-0.15, -0.1) is 0 Å². The maximum atomic E-state index is 6.41. The molecule has 1 N–H and O–H groups in total. The van der Waals surface area contributed by atoms with Gasteiger partial charge in [0.05, 0.1) is 5.69 Å². The molecule has 20 heavy (non-hydrogen) atoms. The molecule has 114 valence electrons. The molecule has 0 bridgehead atoms. The summed E-state index contributed by atoms with van der Waals surface area (Å²) in [6.07, 6.45) is 4.34. The minimum absolute atomic E-state index is 0.255. The second-order valence-electron chi connectivity index (χ2n) is 5.94. The second-order valence-corrected chi connectivity index (χ2v) is 6.30. The lowest BCUT2D eigenvalue weighted by Gasteiger charge is -2.37. The molecule has 1 saturated heterocycles. The SMILES string of the molecule is CCCNCC1(Cc2c(C)nn(C)c2Cl)CCOCC1. The van der Waals surface area contributed by atoms with Gasteiger partial charge in [-0.2, -0.15) is 5.10 Å². The van der Waals surface area contributed by atoms with Crippen LogP contribution in [0.25, 0.3) is 0 Å². The van der Waals surface area contributed by atoms with Crippen molar-refractivity contribution in [3.63, 3.8) is 0 Å². The average molecular weight is 300 g/mol. The summed E-state index contributed by atoms with van der Waals surface area (Å²) in [6.45, 7) is 8.06. The van der Waals surface area contributed by atoms with Crippen LogP contribution in [-0.2, 0) is 18.2 Å². The van der Waals surface area contributed by atoms with Gasteiger partial charge < -0.3 is 10.1 Å². The van der Waals surface area contributed by atoms with Gasteiger partial charge in [-0.05, 0) is 44.6 Å². The second kappa shape index (κ2) is 6.92. The molecule has 1 aromatic rings. The van der Waals surface area contributed by atoms with Gasteiger partial charge in [0.25, 0.3) is 0 Å². The third-order valence-corrected chi connectivity index (χ3v) is 4.77. The third-order valence-electron chi connectivity index (χ3n) is 4.30. The van der Waals surface area contributed by atoms with Crippen molar-refractivity contribution in [1.82, 2.24) is 15.1 Å². The van der Waals surface area contributed by atoms with Crippen LogP contribution in [0.3, 0.4) is 0 Å². The summed E-state index contributed by atoms with van der Waals surface area (Å²) in [5, 5.41) is 8.80. The molecule has 4 nitrogen and oxygen atoms in total. The first-order valence-corrected chi connectivity index (χ1v) is 7.92. The van der Waals surface area contributed by atoms with Crippen LogP contribution < -0.4 is 5.32 Å². The van der Waals surface area contributed by atoms with Gasteiger partial charge >= 0.3 is 0 Å². The molecular weight excluding hydrogens is 274 g/mol. The van der Waals surface area contributed by atoms with Gasteiger partial charge in [0, 0.05) is 32.4 Å². The summed E-state index contributed by atoms with van der Waals surface area (Å²) in [6, 6.07) is 0. The molecule has 5 heteroatoms. The van der Waals surface area contributed by atoms with Crippen LogP contribution in [0.2, 0.25) is 5.15 Å². The first kappa shape index (κ1) is 15.8. The summed E-state index contributed by atoms with van der Waals surface area (Å²) in [7, 11) is 1.91. The Hall–Kier alpha value is -0.580. The van der Waals surface area contributed by atoms with Gasteiger partial charge in [-0.1, -0.05) is 18.5 Å². The van der Waals surface area contributed by atoms with E-state index in [0.717, 1.165) is 56.4 Å². The van der Waals surface area contributed by atoms with E-state index >= 15 is 0 Å². The molecule has 1 aliphatic rings. The molecule has 0 atom stereocenters. The molecule has 0 saturated carbocycles. The lowest BCUT2D eigenvalue weighted by molar-refractivity contribution is 0.0149. The van der Waals surface area contributed by atoms with Gasteiger partial charge in [-0.3, -0.25) is 4.68 Å². The zero-order chi connectivity index (χ0) is 14.6. The van der Waals surface area contributed by atoms with Gasteiger partial charge in [0.1, 0.15) is 5.15 Å². The van der Waals surface area contributed by atoms with Crippen molar-refractivity contribution in [2.45, 2.75) is 39.5 Å². The van der Waals surface area contributed by atoms with Crippen molar-refractivity contribution in [2.75, 3.05) is 26.3 Å². The van der Waals surface area contributed by atoms with Crippen LogP contribution in [0.5, 0.6) is 0 Å². The predicted octanol–water partition coefficient (Wildman–Crippen LogP) is 2.72. The number of nitrogens with one attached hydrogen (secondary N) is 1. The van der Waals surface area contributed by atoms with Crippen LogP contribution in [0, 0.1) is 12.3 Å². The summed E-state index contributed by atoms with van der Waals surface area (Å²) < 4.78 is 7.33. The molecule has 1 aromatic heterocycles. The quantitative estimate of drug-likeness (QED) is 0.821. The largest absolute Gasteiger partial charge is 0.381 e. The van der Waals surface area contributed by atoms with E-state index < -0.39 is 0 Å². The summed E-state index contributed by atoms with van der Waals surface area (Å²) in [4.78, 5) is 0. The zero-order valence-corrected chi connectivity index (χ0v) is 13.6. The van der Waals surface area contributed by atoms with E-state index in [1.54, 1.807) is 4.68 Å². The first-order valence-electron chi connectivity index (χ1n) is 7.54. The molecule has 0 spiro atoms. The van der Waals surface area contributed by atoms with Crippen molar-refractivity contribution in [1.29, 1.82) is 0 Å². The van der Waals surface area contributed by atoms with Crippen molar-refractivity contribution >= 4 is 11.6 Å². The van der Waals surface area contributed by atoms with E-state index in [4.69, 9.17) is 16.3 Å². The number of ether oxygens (including phenoxy) is 1. The van der Waals surface area contributed by atoms with Gasteiger partial charge in [0.2, 0.25) is 0 Å². The van der Waals surface area contributed by atoms with Crippen molar-refractivity contribution < 1.29 is 4.74 Å². The molecule has 1 aliphatic heterocycles. The highest BCUT2D eigenvalue weighted by molar-refractivity contribution is 6.30. The van der Waals surface area contributed by atoms with Gasteiger partial charge in [0.15, 0.2) is 0 Å². The number of aromatic nitrogens is 2. The molecular formula is C15H26ClN3O. The monoisotopic (exact) mass is 299 g/mol. The van der Waals surface area contributed by atoms with E-state index in [0.29, 0.717) is 0 Å². The van der Waals surface area contributed by atoms with E-state index in [2.05, 4.69) is 17.3 Å². The molecule has 0 unspecified atom stereocenters. The summed E-state index contributed by atoms with van der Waals surface area (Å²) >= 11 is 6.41. The lowest BCUT2D eigenvalue weighted by Crippen LogP contribution is -2.41. The van der Waals surface area contributed by atoms with Crippen molar-refractivity contribution in [3.8, 4) is 0 Å². The van der Waals surface area contributed by atoms with Crippen LogP contribution >= 0.6 is 11.6 Å². The minimum atomic E-state index is 0.255. The minimum Gasteiger partial charge on any atom is -0.381 e. The Kier molecular flexibility index (Phi) is 5.47. The number of nitrogens with zero attached hydrogens (tertiary/aromatic N) is 2. The maximum Gasteiger partial charge on any atom is 0.130 e. The molecule has 0 radical (unpaired) electrons. The number of halogens is 1. The Balaban J connectivity index is 2.14. The van der Waals surface area contributed by atoms with E-state index in [1.165, 1.54) is 12.0 Å². The number of hydrogen-bond acceptors (Lipinski definition) is 3. The van der Waals surface area contributed by atoms with Gasteiger partial charge in [-0.25, -0.2) is 0 Å². The summed E-state index contributed by atoms with van der Waals surface area (Å²) in [5.41, 5.74) is 2.51. The van der Waals surface area contributed by atoms with E-state index in [-0.39, 0.29) is 5.41 Å². The van der Waals surface area contributed by atoms with Crippen LogP contribution in [-0.4, -0.2) is 36.1 Å². The number of aryl methyl sites for hydroxylation is 2. The fourth-order valence-electron chi connectivity index (χ4n) is 3.00. The average Bonchev–Trinajstić information content (AvgIpc) is 2.67. The molecule has 0 aromatic carbocycles. The Labute approximate surface area is 126 Å². The van der Waals surface area contributed by atoms with Crippen LogP contribution in [0.4, 0.5) is 0 Å². The zero-order valence-electron chi connectivity index (χ0n) is 12.8. The van der Waals surface area contributed by atoms with E-state index in [9.17, 15) is 0 Å². The molecule has 0 aliphatic carbocycles. The van der Waals surface area contributed by atoms with Crippen molar-refractivity contribution in [3.05, 3.63) is 16.4 Å². The standard InChI is InChI=1S/C15H26ClN3O/c1-4-7-17-11-15(5-8-20-9-6-15)10-13-12(2)18-19(3)14(13)16/h17H,4-11H2,1-3H3. The Morgan fingerprint density at radius 1 is 1.40 bits per heavy atom. The third kappa shape index (κ3) is 3.54. The molecule has 0 amide bonds. The fourth-order valence-corrected chi connectivity index (χ4v) is 3.24. The normalized spacial score (nSPS) is 18.4. The summed E-state index contributed by atoms with van der Waals surface area (Å²) in [5.74, 6) is 0. The smallest absolute Gasteiger partial charge is 0.130 e. The first-order chi connectivity index (χ1) is 9.58. The Morgan fingerprint density at radius 3 is 2.65 bits per heavy atom. The number of hydrogen-bond donors (Lipinski definition) is 1. The Bertz CT molecular complexity index is 439. The van der Waals surface area contributed by atoms with Crippen LogP contribution in [0.1, 0.15) is 37.4 Å². The molecule has 1 fully saturated rings. The Morgan fingerprint density at radius 2 is 2.10 bits per heavy atom. The van der Waals surface area contributed by atoms with Crippen LogP contribution in [0.15, 0.2) is 0 Å². The highest BCUT2D eigenvalue weighted by atomic mass is 35.5. The maximum absolute atomic E-state index is 6.41. The highest BCUT2D eigenvalue weighted by Gasteiger charge is 2.34. The highest BCUT2D eigenvalue weighted by Crippen LogP contribution is 2.36.